The van der Waals surface area contributed by atoms with Crippen molar-refractivity contribution in [2.45, 2.75) is 37.0 Å². The molecule has 0 unspecified atom stereocenters. The number of hydrogen-bond donors (Lipinski definition) is 1. The number of aryl methyl sites for hydroxylation is 2. The van der Waals surface area contributed by atoms with Crippen LogP contribution in [0.1, 0.15) is 34.7 Å². The maximum atomic E-state index is 11.3. The minimum Gasteiger partial charge on any atom is -0.478 e. The Morgan fingerprint density at radius 3 is 2.61 bits per heavy atom. The fraction of sp³-hybridized carbons (Fsp3) is 0.583. The van der Waals surface area contributed by atoms with E-state index in [1.165, 1.54) is 11.8 Å². The van der Waals surface area contributed by atoms with Gasteiger partial charge in [-0.25, -0.2) is 14.8 Å². The number of thioether (sulfide) groups is 1. The second kappa shape index (κ2) is 5.67. The molecule has 0 radical (unpaired) electrons. The van der Waals surface area contributed by atoms with Gasteiger partial charge in [0, 0.05) is 18.5 Å². The molecule has 18 heavy (non-hydrogen) atoms. The lowest BCUT2D eigenvalue weighted by atomic mass is 10.2. The highest BCUT2D eigenvalue weighted by atomic mass is 32.2. The lowest BCUT2D eigenvalue weighted by Gasteiger charge is -2.21. The normalized spacial score (nSPS) is 16.8. The highest BCUT2D eigenvalue weighted by Crippen LogP contribution is 2.31. The molecule has 1 aromatic rings. The number of ether oxygens (including phenoxy) is 1. The van der Waals surface area contributed by atoms with Crippen LogP contribution < -0.4 is 0 Å². The molecule has 0 amide bonds. The predicted octanol–water partition coefficient (Wildman–Crippen LogP) is 2.06. The molecule has 1 N–H and O–H groups in total. The lowest BCUT2D eigenvalue weighted by molar-refractivity contribution is 0.0690. The Kier molecular flexibility index (Phi) is 4.19. The van der Waals surface area contributed by atoms with E-state index in [0.717, 1.165) is 26.1 Å². The van der Waals surface area contributed by atoms with Gasteiger partial charge in [0.2, 0.25) is 0 Å². The summed E-state index contributed by atoms with van der Waals surface area (Å²) < 4.78 is 5.30. The summed E-state index contributed by atoms with van der Waals surface area (Å²) in [7, 11) is 0. The highest BCUT2D eigenvalue weighted by molar-refractivity contribution is 7.99. The van der Waals surface area contributed by atoms with Gasteiger partial charge in [0.1, 0.15) is 16.4 Å². The second-order valence-electron chi connectivity index (χ2n) is 4.27. The molecule has 0 bridgehead atoms. The molecule has 2 rings (SSSR count). The third-order valence-corrected chi connectivity index (χ3v) is 4.15. The Hall–Kier alpha value is -1.14. The number of aromatic nitrogens is 2. The molecule has 0 atom stereocenters. The maximum absolute atomic E-state index is 11.3. The summed E-state index contributed by atoms with van der Waals surface area (Å²) in [4.78, 5) is 19.7. The maximum Gasteiger partial charge on any atom is 0.340 e. The molecule has 1 aliphatic rings. The van der Waals surface area contributed by atoms with E-state index in [0.29, 0.717) is 21.8 Å². The van der Waals surface area contributed by atoms with Crippen molar-refractivity contribution in [2.75, 3.05) is 13.2 Å². The van der Waals surface area contributed by atoms with Crippen molar-refractivity contribution in [3.8, 4) is 0 Å². The van der Waals surface area contributed by atoms with Gasteiger partial charge in [0.15, 0.2) is 0 Å². The van der Waals surface area contributed by atoms with Gasteiger partial charge >= 0.3 is 5.97 Å². The Labute approximate surface area is 110 Å². The first kappa shape index (κ1) is 13.3. The fourth-order valence-corrected chi connectivity index (χ4v) is 3.25. The molecule has 1 aromatic heterocycles. The standard InChI is InChI=1S/C12H16N2O3S/c1-7-10(12(15)16)11(14-8(2)13-7)18-9-3-5-17-6-4-9/h9H,3-6H2,1-2H3,(H,15,16). The van der Waals surface area contributed by atoms with Crippen LogP contribution in [-0.2, 0) is 4.74 Å². The molecular weight excluding hydrogens is 252 g/mol. The van der Waals surface area contributed by atoms with Gasteiger partial charge in [0.25, 0.3) is 0 Å². The fourth-order valence-electron chi connectivity index (χ4n) is 1.96. The summed E-state index contributed by atoms with van der Waals surface area (Å²) in [5.74, 6) is -0.339. The number of nitrogens with zero attached hydrogens (tertiary/aromatic N) is 2. The first-order valence-electron chi connectivity index (χ1n) is 5.91. The van der Waals surface area contributed by atoms with Crippen LogP contribution in [0.15, 0.2) is 5.03 Å². The molecule has 1 fully saturated rings. The van der Waals surface area contributed by atoms with E-state index in [1.54, 1.807) is 13.8 Å². The Bertz CT molecular complexity index is 459. The van der Waals surface area contributed by atoms with Crippen LogP contribution in [0, 0.1) is 13.8 Å². The third-order valence-electron chi connectivity index (χ3n) is 2.83. The van der Waals surface area contributed by atoms with E-state index in [4.69, 9.17) is 4.74 Å². The monoisotopic (exact) mass is 268 g/mol. The van der Waals surface area contributed by atoms with Crippen LogP contribution in [-0.4, -0.2) is 39.5 Å². The molecule has 0 spiro atoms. The van der Waals surface area contributed by atoms with Crippen molar-refractivity contribution >= 4 is 17.7 Å². The number of hydrogen-bond acceptors (Lipinski definition) is 5. The lowest BCUT2D eigenvalue weighted by Crippen LogP contribution is -2.18. The zero-order chi connectivity index (χ0) is 13.1. The molecule has 1 saturated heterocycles. The van der Waals surface area contributed by atoms with E-state index in [-0.39, 0.29) is 5.56 Å². The smallest absolute Gasteiger partial charge is 0.340 e. The Balaban J connectivity index is 2.27. The van der Waals surface area contributed by atoms with Crippen molar-refractivity contribution in [2.24, 2.45) is 0 Å². The SMILES string of the molecule is Cc1nc(C)c(C(=O)O)c(SC2CCOCC2)n1. The summed E-state index contributed by atoms with van der Waals surface area (Å²) in [6.07, 6.45) is 1.87. The van der Waals surface area contributed by atoms with Crippen LogP contribution >= 0.6 is 11.8 Å². The minimum absolute atomic E-state index is 0.233. The van der Waals surface area contributed by atoms with Crippen molar-refractivity contribution in [3.63, 3.8) is 0 Å². The number of carboxylic acids is 1. The van der Waals surface area contributed by atoms with Gasteiger partial charge in [-0.2, -0.15) is 0 Å². The van der Waals surface area contributed by atoms with E-state index in [1.807, 2.05) is 0 Å². The zero-order valence-corrected chi connectivity index (χ0v) is 11.3. The van der Waals surface area contributed by atoms with Crippen molar-refractivity contribution in [1.82, 2.24) is 9.97 Å². The van der Waals surface area contributed by atoms with Gasteiger partial charge in [-0.15, -0.1) is 11.8 Å². The second-order valence-corrected chi connectivity index (χ2v) is 5.56. The first-order chi connectivity index (χ1) is 8.58. The minimum atomic E-state index is -0.956. The average molecular weight is 268 g/mol. The van der Waals surface area contributed by atoms with E-state index in [9.17, 15) is 9.90 Å². The molecule has 2 heterocycles. The van der Waals surface area contributed by atoms with E-state index >= 15 is 0 Å². The van der Waals surface area contributed by atoms with Crippen molar-refractivity contribution in [1.29, 1.82) is 0 Å². The molecule has 1 aliphatic heterocycles. The largest absolute Gasteiger partial charge is 0.478 e. The van der Waals surface area contributed by atoms with Gasteiger partial charge in [0.05, 0.1) is 5.69 Å². The summed E-state index contributed by atoms with van der Waals surface area (Å²) in [6.45, 7) is 4.98. The molecule has 0 aromatic carbocycles. The third kappa shape index (κ3) is 3.00. The van der Waals surface area contributed by atoms with Crippen LogP contribution in [0.3, 0.4) is 0 Å². The van der Waals surface area contributed by atoms with Crippen LogP contribution in [0.4, 0.5) is 0 Å². The van der Waals surface area contributed by atoms with Crippen molar-refractivity contribution in [3.05, 3.63) is 17.1 Å². The molecular formula is C12H16N2O3S. The topological polar surface area (TPSA) is 72.3 Å². The highest BCUT2D eigenvalue weighted by Gasteiger charge is 2.22. The van der Waals surface area contributed by atoms with Crippen LogP contribution in [0.2, 0.25) is 0 Å². The molecule has 0 saturated carbocycles. The molecule has 98 valence electrons. The number of rotatable bonds is 3. The van der Waals surface area contributed by atoms with E-state index < -0.39 is 5.97 Å². The summed E-state index contributed by atoms with van der Waals surface area (Å²) in [5.41, 5.74) is 0.765. The van der Waals surface area contributed by atoms with E-state index in [2.05, 4.69) is 9.97 Å². The van der Waals surface area contributed by atoms with Gasteiger partial charge < -0.3 is 9.84 Å². The summed E-state index contributed by atoms with van der Waals surface area (Å²) in [5, 5.41) is 10.2. The number of carbonyl (C=O) groups is 1. The molecule has 5 nitrogen and oxygen atoms in total. The predicted molar refractivity (Wildman–Crippen MR) is 68.2 cm³/mol. The Morgan fingerprint density at radius 1 is 1.33 bits per heavy atom. The number of aromatic carboxylic acids is 1. The van der Waals surface area contributed by atoms with Gasteiger partial charge in [-0.1, -0.05) is 0 Å². The summed E-state index contributed by atoms with van der Waals surface area (Å²) >= 11 is 1.54. The molecule has 6 heteroatoms. The van der Waals surface area contributed by atoms with Crippen molar-refractivity contribution < 1.29 is 14.6 Å². The first-order valence-corrected chi connectivity index (χ1v) is 6.79. The van der Waals surface area contributed by atoms with Gasteiger partial charge in [-0.3, -0.25) is 0 Å². The average Bonchev–Trinajstić information content (AvgIpc) is 2.28. The zero-order valence-electron chi connectivity index (χ0n) is 10.5. The summed E-state index contributed by atoms with van der Waals surface area (Å²) in [6, 6.07) is 0. The quantitative estimate of drug-likeness (QED) is 0.846. The number of carboxylic acid groups (broad SMARTS) is 1. The Morgan fingerprint density at radius 2 is 2.00 bits per heavy atom. The van der Waals surface area contributed by atoms with Crippen LogP contribution in [0.25, 0.3) is 0 Å². The molecule has 0 aliphatic carbocycles. The van der Waals surface area contributed by atoms with Gasteiger partial charge in [-0.05, 0) is 26.7 Å². The van der Waals surface area contributed by atoms with Crippen LogP contribution in [0.5, 0.6) is 0 Å².